The second-order valence-electron chi connectivity index (χ2n) is 4.06. The van der Waals surface area contributed by atoms with Crippen LogP contribution in [-0.4, -0.2) is 43.5 Å². The highest BCUT2D eigenvalue weighted by Gasteiger charge is 2.23. The van der Waals surface area contributed by atoms with Gasteiger partial charge in [0.2, 0.25) is 5.91 Å². The van der Waals surface area contributed by atoms with Crippen molar-refractivity contribution in [2.45, 2.75) is 18.9 Å². The Kier molecular flexibility index (Phi) is 3.99. The maximum absolute atomic E-state index is 11.7. The van der Waals surface area contributed by atoms with Gasteiger partial charge in [0.05, 0.1) is 18.5 Å². The average molecular weight is 297 g/mol. The lowest BCUT2D eigenvalue weighted by Gasteiger charge is -2.11. The van der Waals surface area contributed by atoms with E-state index in [0.717, 1.165) is 4.96 Å². The number of rotatable bonds is 6. The fraction of sp³-hybridized carbons (Fsp3) is 0.273. The number of carbonyl (C=O) groups is 3. The lowest BCUT2D eigenvalue weighted by Crippen LogP contribution is -2.42. The molecule has 2 aromatic rings. The summed E-state index contributed by atoms with van der Waals surface area (Å²) in [5.74, 6) is -3.25. The van der Waals surface area contributed by atoms with E-state index in [-0.39, 0.29) is 6.42 Å². The van der Waals surface area contributed by atoms with Gasteiger partial charge in [-0.15, -0.1) is 11.3 Å². The molecule has 1 amide bonds. The molecule has 0 aliphatic rings. The van der Waals surface area contributed by atoms with Gasteiger partial charge in [0.15, 0.2) is 4.96 Å². The van der Waals surface area contributed by atoms with E-state index in [2.05, 4.69) is 10.3 Å². The third-order valence-electron chi connectivity index (χ3n) is 2.50. The first-order valence-electron chi connectivity index (χ1n) is 5.60. The predicted molar refractivity (Wildman–Crippen MR) is 68.6 cm³/mol. The van der Waals surface area contributed by atoms with Gasteiger partial charge in [0, 0.05) is 17.8 Å². The fourth-order valence-corrected chi connectivity index (χ4v) is 2.36. The number of nitrogens with zero attached hydrogens (tertiary/aromatic N) is 2. The van der Waals surface area contributed by atoms with Crippen molar-refractivity contribution in [3.05, 3.63) is 23.5 Å². The molecule has 2 heterocycles. The number of thiazole rings is 1. The van der Waals surface area contributed by atoms with Crippen molar-refractivity contribution in [1.82, 2.24) is 14.7 Å². The van der Waals surface area contributed by atoms with Crippen molar-refractivity contribution in [2.24, 2.45) is 0 Å². The first kappa shape index (κ1) is 14.0. The van der Waals surface area contributed by atoms with Gasteiger partial charge in [0.1, 0.15) is 6.04 Å². The number of hydrogen-bond acceptors (Lipinski definition) is 5. The summed E-state index contributed by atoms with van der Waals surface area (Å²) in [7, 11) is 0. The van der Waals surface area contributed by atoms with E-state index in [9.17, 15) is 14.4 Å². The SMILES string of the molecule is O=C(O)C[C@@H](NC(=O)Cc1cn2ccsc2n1)C(=O)O. The first-order chi connectivity index (χ1) is 9.45. The third-order valence-corrected chi connectivity index (χ3v) is 3.27. The zero-order valence-electron chi connectivity index (χ0n) is 10.1. The summed E-state index contributed by atoms with van der Waals surface area (Å²) in [5.41, 5.74) is 0.494. The molecule has 0 aromatic carbocycles. The number of carboxylic acid groups (broad SMARTS) is 2. The Morgan fingerprint density at radius 3 is 2.75 bits per heavy atom. The molecule has 2 aromatic heterocycles. The molecule has 0 aliphatic heterocycles. The molecule has 0 saturated carbocycles. The molecule has 2 rings (SSSR count). The number of nitrogens with one attached hydrogen (secondary N) is 1. The van der Waals surface area contributed by atoms with E-state index in [0.29, 0.717) is 5.69 Å². The number of imidazole rings is 1. The molecule has 0 spiro atoms. The molecule has 9 heteroatoms. The Morgan fingerprint density at radius 1 is 1.40 bits per heavy atom. The molecule has 20 heavy (non-hydrogen) atoms. The Balaban J connectivity index is 1.98. The summed E-state index contributed by atoms with van der Waals surface area (Å²) in [4.78, 5) is 37.9. The zero-order chi connectivity index (χ0) is 14.7. The van der Waals surface area contributed by atoms with E-state index in [1.54, 1.807) is 16.8 Å². The van der Waals surface area contributed by atoms with Gasteiger partial charge in [-0.25, -0.2) is 9.78 Å². The minimum absolute atomic E-state index is 0.0994. The summed E-state index contributed by atoms with van der Waals surface area (Å²) in [6.07, 6.45) is 2.69. The summed E-state index contributed by atoms with van der Waals surface area (Å²) in [5, 5.41) is 21.4. The normalized spacial score (nSPS) is 12.2. The van der Waals surface area contributed by atoms with Crippen molar-refractivity contribution in [3.63, 3.8) is 0 Å². The van der Waals surface area contributed by atoms with Crippen molar-refractivity contribution < 1.29 is 24.6 Å². The Hall–Kier alpha value is -2.42. The van der Waals surface area contributed by atoms with E-state index >= 15 is 0 Å². The van der Waals surface area contributed by atoms with Gasteiger partial charge in [-0.2, -0.15) is 0 Å². The topological polar surface area (TPSA) is 121 Å². The van der Waals surface area contributed by atoms with Crippen LogP contribution >= 0.6 is 11.3 Å². The fourth-order valence-electron chi connectivity index (χ4n) is 1.65. The standard InChI is InChI=1S/C11H11N3O5S/c15-8(13-7(10(18)19)4-9(16)17)3-6-5-14-1-2-20-11(14)12-6/h1-2,5,7H,3-4H2,(H,13,15)(H,16,17)(H,18,19)/t7-/m1/s1. The van der Waals surface area contributed by atoms with E-state index in [1.165, 1.54) is 11.3 Å². The van der Waals surface area contributed by atoms with Gasteiger partial charge < -0.3 is 15.5 Å². The third kappa shape index (κ3) is 3.32. The van der Waals surface area contributed by atoms with Gasteiger partial charge in [0.25, 0.3) is 0 Å². The van der Waals surface area contributed by atoms with Crippen molar-refractivity contribution in [1.29, 1.82) is 0 Å². The second kappa shape index (κ2) is 5.70. The number of carboxylic acids is 2. The number of aliphatic carboxylic acids is 2. The number of amides is 1. The molecule has 1 atom stereocenters. The highest BCUT2D eigenvalue weighted by atomic mass is 32.1. The quantitative estimate of drug-likeness (QED) is 0.689. The van der Waals surface area contributed by atoms with Crippen molar-refractivity contribution in [2.75, 3.05) is 0 Å². The Labute approximate surface area is 116 Å². The van der Waals surface area contributed by atoms with Crippen LogP contribution in [0.1, 0.15) is 12.1 Å². The molecule has 0 radical (unpaired) electrons. The Morgan fingerprint density at radius 2 is 2.15 bits per heavy atom. The molecule has 0 fully saturated rings. The van der Waals surface area contributed by atoms with Crippen LogP contribution < -0.4 is 5.32 Å². The lowest BCUT2D eigenvalue weighted by atomic mass is 10.2. The van der Waals surface area contributed by atoms with Crippen LogP contribution in [0.4, 0.5) is 0 Å². The van der Waals surface area contributed by atoms with Crippen LogP contribution in [0.3, 0.4) is 0 Å². The number of fused-ring (bicyclic) bond motifs is 1. The smallest absolute Gasteiger partial charge is 0.326 e. The second-order valence-corrected chi connectivity index (χ2v) is 4.93. The number of aromatic nitrogens is 2. The molecule has 106 valence electrons. The van der Waals surface area contributed by atoms with Crippen LogP contribution in [0.5, 0.6) is 0 Å². The monoisotopic (exact) mass is 297 g/mol. The molecular formula is C11H11N3O5S. The largest absolute Gasteiger partial charge is 0.481 e. The predicted octanol–water partition coefficient (Wildman–Crippen LogP) is -0.0176. The summed E-state index contributed by atoms with van der Waals surface area (Å²) in [6, 6.07) is -1.44. The number of hydrogen-bond donors (Lipinski definition) is 3. The van der Waals surface area contributed by atoms with Gasteiger partial charge in [-0.3, -0.25) is 14.0 Å². The van der Waals surface area contributed by atoms with E-state index in [1.807, 2.05) is 5.38 Å². The first-order valence-corrected chi connectivity index (χ1v) is 6.48. The van der Waals surface area contributed by atoms with E-state index < -0.39 is 30.3 Å². The zero-order valence-corrected chi connectivity index (χ0v) is 11.0. The van der Waals surface area contributed by atoms with Crippen LogP contribution in [0, 0.1) is 0 Å². The molecule has 0 saturated heterocycles. The van der Waals surface area contributed by atoms with Crippen molar-refractivity contribution in [3.8, 4) is 0 Å². The summed E-state index contributed by atoms with van der Waals surface area (Å²) < 4.78 is 1.75. The molecule has 8 nitrogen and oxygen atoms in total. The van der Waals surface area contributed by atoms with Crippen LogP contribution in [0.15, 0.2) is 17.8 Å². The Bertz CT molecular complexity index is 633. The van der Waals surface area contributed by atoms with Crippen LogP contribution in [-0.2, 0) is 20.8 Å². The summed E-state index contributed by atoms with van der Waals surface area (Å²) >= 11 is 1.41. The molecule has 0 bridgehead atoms. The minimum atomic E-state index is -1.44. The van der Waals surface area contributed by atoms with Crippen LogP contribution in [0.2, 0.25) is 0 Å². The highest BCUT2D eigenvalue weighted by Crippen LogP contribution is 2.11. The maximum Gasteiger partial charge on any atom is 0.326 e. The maximum atomic E-state index is 11.7. The van der Waals surface area contributed by atoms with Gasteiger partial charge in [-0.1, -0.05) is 0 Å². The highest BCUT2D eigenvalue weighted by molar-refractivity contribution is 7.15. The van der Waals surface area contributed by atoms with Crippen LogP contribution in [0.25, 0.3) is 4.96 Å². The van der Waals surface area contributed by atoms with Gasteiger partial charge >= 0.3 is 11.9 Å². The van der Waals surface area contributed by atoms with Crippen molar-refractivity contribution >= 4 is 34.1 Å². The van der Waals surface area contributed by atoms with Gasteiger partial charge in [-0.05, 0) is 0 Å². The molecule has 0 aliphatic carbocycles. The summed E-state index contributed by atoms with van der Waals surface area (Å²) in [6.45, 7) is 0. The lowest BCUT2D eigenvalue weighted by molar-refractivity contribution is -0.147. The molecule has 3 N–H and O–H groups in total. The van der Waals surface area contributed by atoms with E-state index in [4.69, 9.17) is 10.2 Å². The number of carbonyl (C=O) groups excluding carboxylic acids is 1. The molecular weight excluding hydrogens is 286 g/mol. The minimum Gasteiger partial charge on any atom is -0.481 e. The average Bonchev–Trinajstić information content (AvgIpc) is 2.87. The molecule has 0 unspecified atom stereocenters.